The first-order valence-electron chi connectivity index (χ1n) is 9.14. The lowest BCUT2D eigenvalue weighted by Crippen LogP contribution is -2.16. The summed E-state index contributed by atoms with van der Waals surface area (Å²) in [5.74, 6) is 0.627. The predicted octanol–water partition coefficient (Wildman–Crippen LogP) is 4.80. The van der Waals surface area contributed by atoms with Crippen LogP contribution in [0.1, 0.15) is 29.3 Å². The molecule has 146 valence electrons. The average Bonchev–Trinajstić information content (AvgIpc) is 3.00. The molecule has 1 aliphatic rings. The summed E-state index contributed by atoms with van der Waals surface area (Å²) >= 11 is 8.93. The van der Waals surface area contributed by atoms with Gasteiger partial charge in [0.1, 0.15) is 4.83 Å². The number of hydrogen-bond acceptors (Lipinski definition) is 5. The normalized spacial score (nSPS) is 16.2. The minimum Gasteiger partial charge on any atom is -0.325 e. The van der Waals surface area contributed by atoms with Gasteiger partial charge in [-0.15, -0.1) is 11.3 Å². The maximum Gasteiger partial charge on any atom is 0.260 e. The van der Waals surface area contributed by atoms with Crippen molar-refractivity contribution in [3.05, 3.63) is 49.6 Å². The molecule has 1 aliphatic carbocycles. The first kappa shape index (κ1) is 19.5. The van der Waals surface area contributed by atoms with E-state index in [1.54, 1.807) is 17.4 Å². The number of H-pyrrole nitrogens is 1. The fraction of sp³-hybridized carbons (Fsp3) is 0.350. The van der Waals surface area contributed by atoms with Crippen molar-refractivity contribution >= 4 is 56.5 Å². The highest BCUT2D eigenvalue weighted by Crippen LogP contribution is 2.36. The van der Waals surface area contributed by atoms with Gasteiger partial charge in [0.15, 0.2) is 5.16 Å². The molecule has 0 spiro atoms. The summed E-state index contributed by atoms with van der Waals surface area (Å²) in [5, 5.41) is 4.63. The zero-order valence-corrected chi connectivity index (χ0v) is 18.0. The molecule has 1 unspecified atom stereocenters. The fourth-order valence-electron chi connectivity index (χ4n) is 3.40. The number of nitrogens with one attached hydrogen (secondary N) is 2. The molecule has 1 atom stereocenters. The van der Waals surface area contributed by atoms with E-state index < -0.39 is 0 Å². The van der Waals surface area contributed by atoms with Gasteiger partial charge in [0, 0.05) is 15.6 Å². The van der Waals surface area contributed by atoms with Crippen LogP contribution in [0.3, 0.4) is 0 Å². The lowest BCUT2D eigenvalue weighted by Gasteiger charge is -2.17. The van der Waals surface area contributed by atoms with Crippen molar-refractivity contribution < 1.29 is 4.79 Å². The lowest BCUT2D eigenvalue weighted by molar-refractivity contribution is -0.113. The van der Waals surface area contributed by atoms with Crippen LogP contribution in [0, 0.1) is 12.8 Å². The number of thioether (sulfide) groups is 1. The Kier molecular flexibility index (Phi) is 5.49. The molecule has 28 heavy (non-hydrogen) atoms. The van der Waals surface area contributed by atoms with Crippen LogP contribution in [-0.2, 0) is 17.6 Å². The number of thiophene rings is 1. The number of aromatic nitrogens is 2. The summed E-state index contributed by atoms with van der Waals surface area (Å²) in [6, 6.07) is 5.40. The molecule has 1 aromatic carbocycles. The van der Waals surface area contributed by atoms with Crippen molar-refractivity contribution in [2.75, 3.05) is 11.1 Å². The van der Waals surface area contributed by atoms with Gasteiger partial charge in [-0.05, 0) is 55.4 Å². The summed E-state index contributed by atoms with van der Waals surface area (Å²) in [4.78, 5) is 34.3. The number of anilines is 1. The smallest absolute Gasteiger partial charge is 0.260 e. The topological polar surface area (TPSA) is 74.8 Å². The Hall–Kier alpha value is -1.83. The molecule has 0 fully saturated rings. The van der Waals surface area contributed by atoms with Gasteiger partial charge in [-0.2, -0.15) is 0 Å². The Morgan fingerprint density at radius 1 is 1.46 bits per heavy atom. The Morgan fingerprint density at radius 2 is 2.29 bits per heavy atom. The highest BCUT2D eigenvalue weighted by Gasteiger charge is 2.23. The largest absolute Gasteiger partial charge is 0.325 e. The third kappa shape index (κ3) is 3.97. The van der Waals surface area contributed by atoms with E-state index in [0.717, 1.165) is 40.6 Å². The quantitative estimate of drug-likeness (QED) is 0.457. The second kappa shape index (κ2) is 7.89. The third-order valence-electron chi connectivity index (χ3n) is 4.94. The Balaban J connectivity index is 1.48. The van der Waals surface area contributed by atoms with Crippen LogP contribution in [0.25, 0.3) is 10.2 Å². The summed E-state index contributed by atoms with van der Waals surface area (Å²) in [5.41, 5.74) is 2.66. The third-order valence-corrected chi connectivity index (χ3v) is 7.37. The Labute approximate surface area is 175 Å². The van der Waals surface area contributed by atoms with Crippen molar-refractivity contribution in [3.63, 3.8) is 0 Å². The Morgan fingerprint density at radius 3 is 3.07 bits per heavy atom. The van der Waals surface area contributed by atoms with Gasteiger partial charge in [-0.1, -0.05) is 36.4 Å². The van der Waals surface area contributed by atoms with Crippen molar-refractivity contribution in [2.24, 2.45) is 5.92 Å². The maximum absolute atomic E-state index is 12.6. The second-order valence-corrected chi connectivity index (χ2v) is 9.66. The molecule has 5 nitrogen and oxygen atoms in total. The van der Waals surface area contributed by atoms with Crippen molar-refractivity contribution in [1.29, 1.82) is 0 Å². The van der Waals surface area contributed by atoms with Crippen LogP contribution in [0.5, 0.6) is 0 Å². The van der Waals surface area contributed by atoms with Crippen LogP contribution in [0.15, 0.2) is 28.2 Å². The SMILES string of the molecule is Cc1ccc(NC(=O)CSc2nc3sc4c(c3c(=O)[nH]2)CCC(C)C4)cc1Cl. The van der Waals surface area contributed by atoms with Gasteiger partial charge in [0.05, 0.1) is 11.1 Å². The molecule has 2 heterocycles. The molecule has 0 radical (unpaired) electrons. The van der Waals surface area contributed by atoms with E-state index in [1.807, 2.05) is 19.1 Å². The van der Waals surface area contributed by atoms with Crippen molar-refractivity contribution in [3.8, 4) is 0 Å². The first-order valence-corrected chi connectivity index (χ1v) is 11.3. The maximum atomic E-state index is 12.6. The highest BCUT2D eigenvalue weighted by atomic mass is 35.5. The zero-order chi connectivity index (χ0) is 19.8. The standard InChI is InChI=1S/C20H20ClN3O2S2/c1-10-3-6-13-15(7-10)28-19-17(13)18(26)23-20(24-19)27-9-16(25)22-12-5-4-11(2)14(21)8-12/h4-5,8,10H,3,6-7,9H2,1-2H3,(H,22,25)(H,23,24,26). The molecule has 1 amide bonds. The van der Waals surface area contributed by atoms with Crippen LogP contribution < -0.4 is 10.9 Å². The summed E-state index contributed by atoms with van der Waals surface area (Å²) < 4.78 is 0. The van der Waals surface area contributed by atoms with E-state index in [2.05, 4.69) is 22.2 Å². The molecule has 0 saturated carbocycles. The molecule has 4 rings (SSSR count). The number of carbonyl (C=O) groups is 1. The van der Waals surface area contributed by atoms with Crippen LogP contribution in [-0.4, -0.2) is 21.6 Å². The van der Waals surface area contributed by atoms with Gasteiger partial charge in [-0.25, -0.2) is 4.98 Å². The van der Waals surface area contributed by atoms with Gasteiger partial charge < -0.3 is 10.3 Å². The summed E-state index contributed by atoms with van der Waals surface area (Å²) in [6.07, 6.45) is 3.06. The number of aryl methyl sites for hydroxylation is 2. The van der Waals surface area contributed by atoms with Gasteiger partial charge >= 0.3 is 0 Å². The number of rotatable bonds is 4. The monoisotopic (exact) mass is 433 g/mol. The highest BCUT2D eigenvalue weighted by molar-refractivity contribution is 7.99. The number of aromatic amines is 1. The molecular weight excluding hydrogens is 414 g/mol. The number of nitrogens with zero attached hydrogens (tertiary/aromatic N) is 1. The minimum absolute atomic E-state index is 0.106. The number of carbonyl (C=O) groups excluding carboxylic acids is 1. The van der Waals surface area contributed by atoms with E-state index in [1.165, 1.54) is 16.6 Å². The van der Waals surface area contributed by atoms with E-state index in [9.17, 15) is 9.59 Å². The molecule has 2 N–H and O–H groups in total. The van der Waals surface area contributed by atoms with Crippen molar-refractivity contribution in [2.45, 2.75) is 38.3 Å². The molecule has 2 aromatic heterocycles. The first-order chi connectivity index (χ1) is 13.4. The second-order valence-electron chi connectivity index (χ2n) is 7.20. The number of amides is 1. The van der Waals surface area contributed by atoms with Crippen molar-refractivity contribution in [1.82, 2.24) is 9.97 Å². The summed E-state index contributed by atoms with van der Waals surface area (Å²) in [6.45, 7) is 4.15. The fourth-order valence-corrected chi connectivity index (χ4v) is 5.68. The molecule has 0 bridgehead atoms. The number of benzene rings is 1. The molecule has 3 aromatic rings. The van der Waals surface area contributed by atoms with E-state index in [0.29, 0.717) is 21.8 Å². The summed E-state index contributed by atoms with van der Waals surface area (Å²) in [7, 11) is 0. The zero-order valence-electron chi connectivity index (χ0n) is 15.6. The number of hydrogen-bond donors (Lipinski definition) is 2. The predicted molar refractivity (Wildman–Crippen MR) is 117 cm³/mol. The minimum atomic E-state index is -0.174. The molecule has 0 aliphatic heterocycles. The number of fused-ring (bicyclic) bond motifs is 3. The molecule has 0 saturated heterocycles. The van der Waals surface area contributed by atoms with E-state index >= 15 is 0 Å². The van der Waals surface area contributed by atoms with Crippen LogP contribution in [0.2, 0.25) is 5.02 Å². The van der Waals surface area contributed by atoms with Gasteiger partial charge in [0.2, 0.25) is 5.91 Å². The lowest BCUT2D eigenvalue weighted by atomic mass is 9.89. The van der Waals surface area contributed by atoms with Crippen LogP contribution >= 0.6 is 34.7 Å². The van der Waals surface area contributed by atoms with E-state index in [-0.39, 0.29) is 17.2 Å². The number of halogens is 1. The molecular formula is C20H20ClN3O2S2. The average molecular weight is 434 g/mol. The molecule has 8 heteroatoms. The van der Waals surface area contributed by atoms with E-state index in [4.69, 9.17) is 11.6 Å². The Bertz CT molecular complexity index is 1120. The van der Waals surface area contributed by atoms with Gasteiger partial charge in [-0.3, -0.25) is 9.59 Å². The van der Waals surface area contributed by atoms with Gasteiger partial charge in [0.25, 0.3) is 5.56 Å². The van der Waals surface area contributed by atoms with Crippen LogP contribution in [0.4, 0.5) is 5.69 Å².